The Hall–Kier alpha value is -1.55. The first-order chi connectivity index (χ1) is 6.04. The summed E-state index contributed by atoms with van der Waals surface area (Å²) in [6.07, 6.45) is 0. The Morgan fingerprint density at radius 2 is 1.43 bits per heavy atom. The van der Waals surface area contributed by atoms with E-state index in [1.54, 1.807) is 25.1 Å². The van der Waals surface area contributed by atoms with Gasteiger partial charge in [0.2, 0.25) is 11.8 Å². The molecule has 0 bridgehead atoms. The largest absolute Gasteiger partial charge is 0.366 e. The van der Waals surface area contributed by atoms with E-state index in [2.05, 4.69) is 0 Å². The highest BCUT2D eigenvalue weighted by molar-refractivity contribution is 6.00. The number of carbonyl (C=O) groups excluding carboxylic acids is 2. The number of benzene rings is 1. The van der Waals surface area contributed by atoms with E-state index in [1.165, 1.54) is 0 Å². The summed E-state index contributed by atoms with van der Waals surface area (Å²) in [6, 6.07) is 4.70. The zero-order valence-electron chi connectivity index (χ0n) is 7.61. The van der Waals surface area contributed by atoms with E-state index in [4.69, 9.17) is 11.5 Å². The summed E-state index contributed by atoms with van der Waals surface area (Å²) >= 11 is 0. The van der Waals surface area contributed by atoms with E-state index in [-0.39, 0.29) is 12.4 Å². The Morgan fingerprint density at radius 3 is 1.71 bits per heavy atom. The van der Waals surface area contributed by atoms with Gasteiger partial charge in [0.05, 0.1) is 0 Å². The van der Waals surface area contributed by atoms with Crippen LogP contribution in [0.3, 0.4) is 0 Å². The highest BCUT2D eigenvalue weighted by Crippen LogP contribution is 2.12. The van der Waals surface area contributed by atoms with Crippen molar-refractivity contribution >= 4 is 24.2 Å². The summed E-state index contributed by atoms with van der Waals surface area (Å²) in [5.74, 6) is -1.11. The second-order valence-corrected chi connectivity index (χ2v) is 2.71. The lowest BCUT2D eigenvalue weighted by molar-refractivity contribution is 0.0999. The quantitative estimate of drug-likeness (QED) is 0.756. The molecule has 5 heteroatoms. The number of halogens is 1. The molecule has 76 valence electrons. The topological polar surface area (TPSA) is 86.2 Å². The van der Waals surface area contributed by atoms with Crippen LogP contribution in [0.2, 0.25) is 0 Å². The molecular weight excluding hydrogens is 204 g/mol. The number of carbonyl (C=O) groups is 2. The fraction of sp³-hybridized carbons (Fsp3) is 0.111. The van der Waals surface area contributed by atoms with Gasteiger partial charge in [0.1, 0.15) is 0 Å². The molecule has 0 aliphatic carbocycles. The maximum absolute atomic E-state index is 10.9. The van der Waals surface area contributed by atoms with Crippen molar-refractivity contribution in [2.24, 2.45) is 11.5 Å². The van der Waals surface area contributed by atoms with Crippen LogP contribution in [0.5, 0.6) is 0 Å². The van der Waals surface area contributed by atoms with E-state index in [9.17, 15) is 9.59 Å². The van der Waals surface area contributed by atoms with E-state index < -0.39 is 11.8 Å². The van der Waals surface area contributed by atoms with Crippen LogP contribution in [-0.2, 0) is 0 Å². The van der Waals surface area contributed by atoms with Gasteiger partial charge in [0, 0.05) is 11.1 Å². The number of nitrogens with two attached hydrogens (primary N) is 2. The molecule has 0 heterocycles. The van der Waals surface area contributed by atoms with Gasteiger partial charge < -0.3 is 11.5 Å². The second kappa shape index (κ2) is 4.62. The molecule has 4 N–H and O–H groups in total. The minimum Gasteiger partial charge on any atom is -0.366 e. The molecule has 14 heavy (non-hydrogen) atoms. The fourth-order valence-electron chi connectivity index (χ4n) is 1.17. The lowest BCUT2D eigenvalue weighted by Crippen LogP contribution is -2.18. The van der Waals surface area contributed by atoms with Crippen molar-refractivity contribution in [2.45, 2.75) is 6.92 Å². The molecule has 1 aromatic carbocycles. The van der Waals surface area contributed by atoms with Crippen molar-refractivity contribution in [1.29, 1.82) is 0 Å². The molecule has 1 rings (SSSR count). The maximum Gasteiger partial charge on any atom is 0.248 e. The smallest absolute Gasteiger partial charge is 0.248 e. The zero-order valence-corrected chi connectivity index (χ0v) is 8.43. The third-order valence-corrected chi connectivity index (χ3v) is 1.86. The number of primary amides is 2. The summed E-state index contributed by atoms with van der Waals surface area (Å²) in [7, 11) is 0. The van der Waals surface area contributed by atoms with Gasteiger partial charge in [-0.3, -0.25) is 9.59 Å². The maximum atomic E-state index is 10.9. The van der Waals surface area contributed by atoms with Gasteiger partial charge in [-0.05, 0) is 24.6 Å². The lowest BCUT2D eigenvalue weighted by Gasteiger charge is -2.04. The number of hydrogen-bond donors (Lipinski definition) is 2. The first kappa shape index (κ1) is 12.4. The van der Waals surface area contributed by atoms with Gasteiger partial charge in [-0.1, -0.05) is 6.07 Å². The van der Waals surface area contributed by atoms with Crippen LogP contribution in [0, 0.1) is 6.92 Å². The average Bonchev–Trinajstić information content (AvgIpc) is 2.03. The third-order valence-electron chi connectivity index (χ3n) is 1.86. The van der Waals surface area contributed by atoms with Crippen molar-refractivity contribution < 1.29 is 9.59 Å². The van der Waals surface area contributed by atoms with Crippen LogP contribution in [0.1, 0.15) is 26.3 Å². The van der Waals surface area contributed by atoms with Crippen molar-refractivity contribution in [3.05, 3.63) is 34.9 Å². The second-order valence-electron chi connectivity index (χ2n) is 2.71. The van der Waals surface area contributed by atoms with E-state index >= 15 is 0 Å². The first-order valence-electron chi connectivity index (χ1n) is 3.73. The van der Waals surface area contributed by atoms with Crippen molar-refractivity contribution in [1.82, 2.24) is 0 Å². The van der Waals surface area contributed by atoms with Crippen molar-refractivity contribution in [3.8, 4) is 0 Å². The van der Waals surface area contributed by atoms with Crippen LogP contribution in [0.25, 0.3) is 0 Å². The predicted octanol–water partition coefficient (Wildman–Crippen LogP) is 0.615. The molecule has 0 saturated carbocycles. The molecule has 2 amide bonds. The molecule has 0 atom stereocenters. The van der Waals surface area contributed by atoms with Gasteiger partial charge in [0.25, 0.3) is 0 Å². The summed E-state index contributed by atoms with van der Waals surface area (Å²) in [4.78, 5) is 21.7. The van der Waals surface area contributed by atoms with Crippen LogP contribution >= 0.6 is 12.4 Å². The summed E-state index contributed by atoms with van der Waals surface area (Å²) < 4.78 is 0. The molecule has 0 radical (unpaired) electrons. The van der Waals surface area contributed by atoms with Gasteiger partial charge in [-0.2, -0.15) is 0 Å². The minimum atomic E-state index is -0.555. The molecule has 0 fully saturated rings. The SMILES string of the molecule is Cc1c(C(N)=O)cccc1C(N)=O.Cl. The summed E-state index contributed by atoms with van der Waals surface area (Å²) in [5, 5.41) is 0. The van der Waals surface area contributed by atoms with Gasteiger partial charge >= 0.3 is 0 Å². The number of amides is 2. The Labute approximate surface area is 87.7 Å². The monoisotopic (exact) mass is 214 g/mol. The van der Waals surface area contributed by atoms with E-state index in [0.29, 0.717) is 16.7 Å². The highest BCUT2D eigenvalue weighted by Gasteiger charge is 2.10. The van der Waals surface area contributed by atoms with Crippen LogP contribution in [0.15, 0.2) is 18.2 Å². The van der Waals surface area contributed by atoms with Crippen molar-refractivity contribution in [2.75, 3.05) is 0 Å². The van der Waals surface area contributed by atoms with Gasteiger partial charge in [0.15, 0.2) is 0 Å². The summed E-state index contributed by atoms with van der Waals surface area (Å²) in [6.45, 7) is 1.64. The highest BCUT2D eigenvalue weighted by atomic mass is 35.5. The Bertz CT molecular complexity index is 345. The van der Waals surface area contributed by atoms with E-state index in [0.717, 1.165) is 0 Å². The number of rotatable bonds is 2. The molecule has 0 spiro atoms. The Balaban J connectivity index is 0.00000169. The fourth-order valence-corrected chi connectivity index (χ4v) is 1.17. The molecule has 0 aromatic heterocycles. The van der Waals surface area contributed by atoms with Crippen molar-refractivity contribution in [3.63, 3.8) is 0 Å². The first-order valence-corrected chi connectivity index (χ1v) is 3.73. The minimum absolute atomic E-state index is 0. The van der Waals surface area contributed by atoms with Gasteiger partial charge in [-0.25, -0.2) is 0 Å². The molecular formula is C9H11ClN2O2. The molecule has 1 aromatic rings. The molecule has 0 saturated heterocycles. The number of hydrogen-bond acceptors (Lipinski definition) is 2. The Morgan fingerprint density at radius 1 is 1.07 bits per heavy atom. The zero-order chi connectivity index (χ0) is 10.0. The average molecular weight is 215 g/mol. The molecule has 0 aliphatic heterocycles. The van der Waals surface area contributed by atoms with Crippen LogP contribution in [-0.4, -0.2) is 11.8 Å². The molecule has 0 aliphatic rings. The van der Waals surface area contributed by atoms with E-state index in [1.807, 2.05) is 0 Å². The molecule has 0 unspecified atom stereocenters. The van der Waals surface area contributed by atoms with Crippen LogP contribution in [0.4, 0.5) is 0 Å². The predicted molar refractivity (Wildman–Crippen MR) is 55.5 cm³/mol. The summed E-state index contributed by atoms with van der Waals surface area (Å²) in [5.41, 5.74) is 11.4. The third kappa shape index (κ3) is 2.23. The van der Waals surface area contributed by atoms with Crippen LogP contribution < -0.4 is 11.5 Å². The standard InChI is InChI=1S/C9H10N2O2.ClH/c1-5-6(8(10)12)3-2-4-7(5)9(11)13;/h2-4H,1H3,(H2,10,12)(H2,11,13);1H. The van der Waals surface area contributed by atoms with Gasteiger partial charge in [-0.15, -0.1) is 12.4 Å². The molecule has 4 nitrogen and oxygen atoms in total. The Kier molecular flexibility index (Phi) is 4.11. The normalized spacial score (nSPS) is 8.93. The lowest BCUT2D eigenvalue weighted by atomic mass is 10.0.